The summed E-state index contributed by atoms with van der Waals surface area (Å²) in [6.45, 7) is 1.62. The van der Waals surface area contributed by atoms with Crippen molar-refractivity contribution in [3.63, 3.8) is 0 Å². The second kappa shape index (κ2) is 10.8. The minimum absolute atomic E-state index is 0.610. The maximum atomic E-state index is 8.76. The molecule has 0 atom stereocenters. The minimum Gasteiger partial charge on any atom is -0.343 e. The Bertz CT molecular complexity index is 1860. The zero-order valence-corrected chi connectivity index (χ0v) is 20.9. The van der Waals surface area contributed by atoms with E-state index in [4.69, 9.17) is 5.26 Å². The molecule has 0 aliphatic heterocycles. The molecule has 9 nitrogen and oxygen atoms in total. The molecule has 7 aromatic rings. The van der Waals surface area contributed by atoms with Gasteiger partial charge in [0.1, 0.15) is 0 Å². The predicted octanol–water partition coefficient (Wildman–Crippen LogP) is 5.22. The van der Waals surface area contributed by atoms with Crippen molar-refractivity contribution in [1.29, 1.82) is 5.26 Å². The number of benzene rings is 2. The number of nitriles is 1. The Balaban J connectivity index is 0.000000144. The molecule has 9 heteroatoms. The highest BCUT2D eigenvalue weighted by molar-refractivity contribution is 5.79. The van der Waals surface area contributed by atoms with Crippen molar-refractivity contribution >= 4 is 21.8 Å². The molecule has 2 aromatic carbocycles. The number of tetrazole rings is 1. The fourth-order valence-corrected chi connectivity index (χ4v) is 4.48. The van der Waals surface area contributed by atoms with Gasteiger partial charge in [0, 0.05) is 66.6 Å². The molecule has 5 heterocycles. The van der Waals surface area contributed by atoms with Crippen LogP contribution in [-0.2, 0) is 13.1 Å². The van der Waals surface area contributed by atoms with Crippen molar-refractivity contribution in [2.24, 2.45) is 0 Å². The van der Waals surface area contributed by atoms with E-state index in [2.05, 4.69) is 82.5 Å². The van der Waals surface area contributed by atoms with Crippen molar-refractivity contribution in [2.75, 3.05) is 0 Å². The van der Waals surface area contributed by atoms with Crippen molar-refractivity contribution in [3.05, 3.63) is 127 Å². The monoisotopic (exact) mass is 509 g/mol. The molecule has 0 aliphatic rings. The van der Waals surface area contributed by atoms with E-state index in [0.29, 0.717) is 11.4 Å². The summed E-state index contributed by atoms with van der Waals surface area (Å²) in [4.78, 5) is 8.24. The van der Waals surface area contributed by atoms with Gasteiger partial charge < -0.3 is 9.13 Å². The summed E-state index contributed by atoms with van der Waals surface area (Å²) >= 11 is 0. The van der Waals surface area contributed by atoms with Gasteiger partial charge in [-0.05, 0) is 52.7 Å². The Morgan fingerprint density at radius 1 is 0.692 bits per heavy atom. The molecule has 188 valence electrons. The number of nitrogens with one attached hydrogen (secondary N) is 1. The summed E-state index contributed by atoms with van der Waals surface area (Å²) in [5.74, 6) is 0.610. The molecule has 0 unspecified atom stereocenters. The molecule has 0 saturated heterocycles. The van der Waals surface area contributed by atoms with Crippen molar-refractivity contribution in [1.82, 2.24) is 39.7 Å². The molecular formula is C30H23N9. The third-order valence-electron chi connectivity index (χ3n) is 6.49. The van der Waals surface area contributed by atoms with E-state index >= 15 is 0 Å². The number of fused-ring (bicyclic) bond motifs is 2. The third-order valence-corrected chi connectivity index (χ3v) is 6.49. The molecule has 0 amide bonds. The number of hydrogen-bond donors (Lipinski definition) is 1. The van der Waals surface area contributed by atoms with Gasteiger partial charge in [-0.25, -0.2) is 0 Å². The highest BCUT2D eigenvalue weighted by atomic mass is 15.5. The molecule has 1 N–H and O–H groups in total. The molecule has 5 aromatic heterocycles. The number of aromatic amines is 1. The lowest BCUT2D eigenvalue weighted by atomic mass is 10.1. The maximum absolute atomic E-state index is 8.76. The Hall–Kier alpha value is -5.62. The molecule has 0 saturated carbocycles. The van der Waals surface area contributed by atoms with Gasteiger partial charge in [0.25, 0.3) is 0 Å². The van der Waals surface area contributed by atoms with Crippen LogP contribution in [0.25, 0.3) is 33.2 Å². The lowest BCUT2D eigenvalue weighted by Crippen LogP contribution is -1.97. The van der Waals surface area contributed by atoms with E-state index in [0.717, 1.165) is 29.4 Å². The first-order valence-electron chi connectivity index (χ1n) is 12.4. The van der Waals surface area contributed by atoms with Gasteiger partial charge in [-0.3, -0.25) is 9.97 Å². The van der Waals surface area contributed by atoms with E-state index in [1.54, 1.807) is 6.20 Å². The van der Waals surface area contributed by atoms with Crippen LogP contribution in [0.3, 0.4) is 0 Å². The number of hydrogen-bond acceptors (Lipinski definition) is 6. The summed E-state index contributed by atoms with van der Waals surface area (Å²) in [5, 5.41) is 25.0. The van der Waals surface area contributed by atoms with E-state index in [1.165, 1.54) is 22.2 Å². The van der Waals surface area contributed by atoms with Crippen molar-refractivity contribution in [2.45, 2.75) is 13.1 Å². The Labute approximate surface area is 224 Å². The largest absolute Gasteiger partial charge is 0.343 e. The Kier molecular flexibility index (Phi) is 6.57. The normalized spacial score (nSPS) is 10.7. The number of pyridine rings is 2. The predicted molar refractivity (Wildman–Crippen MR) is 148 cm³/mol. The van der Waals surface area contributed by atoms with Crippen LogP contribution < -0.4 is 0 Å². The highest BCUT2D eigenvalue weighted by Gasteiger charge is 2.05. The summed E-state index contributed by atoms with van der Waals surface area (Å²) in [6.07, 6.45) is 11.5. The van der Waals surface area contributed by atoms with Gasteiger partial charge in [-0.1, -0.05) is 36.4 Å². The fourth-order valence-electron chi connectivity index (χ4n) is 4.48. The summed E-state index contributed by atoms with van der Waals surface area (Å²) < 4.78 is 4.39. The number of rotatable bonds is 5. The highest BCUT2D eigenvalue weighted by Crippen LogP contribution is 2.19. The quantitative estimate of drug-likeness (QED) is 0.340. The lowest BCUT2D eigenvalue weighted by Gasteiger charge is -2.06. The van der Waals surface area contributed by atoms with Gasteiger partial charge in [0.15, 0.2) is 0 Å². The Morgan fingerprint density at radius 2 is 1.26 bits per heavy atom. The van der Waals surface area contributed by atoms with E-state index < -0.39 is 0 Å². The van der Waals surface area contributed by atoms with Gasteiger partial charge in [0.2, 0.25) is 5.82 Å². The topological polar surface area (TPSA) is 114 Å². The maximum Gasteiger partial charge on any atom is 0.204 e. The molecule has 0 aliphatic carbocycles. The van der Waals surface area contributed by atoms with Crippen molar-refractivity contribution in [3.8, 4) is 17.5 Å². The average molecular weight is 510 g/mol. The first kappa shape index (κ1) is 23.8. The summed E-state index contributed by atoms with van der Waals surface area (Å²) in [5.41, 5.74) is 6.41. The number of aromatic nitrogens is 8. The Morgan fingerprint density at radius 3 is 1.77 bits per heavy atom. The lowest BCUT2D eigenvalue weighted by molar-refractivity contribution is 0.836. The molecule has 0 radical (unpaired) electrons. The van der Waals surface area contributed by atoms with E-state index in [9.17, 15) is 0 Å². The second-order valence-corrected chi connectivity index (χ2v) is 9.00. The van der Waals surface area contributed by atoms with Gasteiger partial charge >= 0.3 is 0 Å². The smallest absolute Gasteiger partial charge is 0.204 e. The first-order chi connectivity index (χ1) is 19.3. The zero-order chi connectivity index (χ0) is 26.4. The van der Waals surface area contributed by atoms with Crippen LogP contribution in [0.4, 0.5) is 0 Å². The van der Waals surface area contributed by atoms with Gasteiger partial charge in [-0.15, -0.1) is 10.2 Å². The standard InChI is InChI=1S/C15H12N6.C15H11N3/c1-3-12(15-17-19-20-18-15)4-2-11(1)10-21-8-6-13-9-16-7-5-14(13)21;16-9-12-1-3-13(4-2-12)11-18-8-6-14-10-17-7-5-15(14)18/h1-9H,10H2,(H,17,18,19,20);1-8,10H,11H2. The number of H-pyrrole nitrogens is 1. The van der Waals surface area contributed by atoms with E-state index in [1.807, 2.05) is 67.1 Å². The molecule has 0 spiro atoms. The third kappa shape index (κ3) is 5.26. The van der Waals surface area contributed by atoms with Crippen LogP contribution in [0.15, 0.2) is 110 Å². The molecule has 0 bridgehead atoms. The fraction of sp³-hybridized carbons (Fsp3) is 0.0667. The SMILES string of the molecule is N#Cc1ccc(Cn2ccc3cnccc32)cc1.c1cc2c(ccn2Cc2ccc(-c3nn[nH]n3)cc2)cn1. The zero-order valence-electron chi connectivity index (χ0n) is 20.9. The van der Waals surface area contributed by atoms with Gasteiger partial charge in [0.05, 0.1) is 22.7 Å². The summed E-state index contributed by atoms with van der Waals surface area (Å²) in [7, 11) is 0. The molecule has 7 rings (SSSR count). The minimum atomic E-state index is 0.610. The average Bonchev–Trinajstić information content (AvgIpc) is 3.76. The van der Waals surface area contributed by atoms with Crippen LogP contribution >= 0.6 is 0 Å². The van der Waals surface area contributed by atoms with Crippen molar-refractivity contribution < 1.29 is 0 Å². The molecule has 0 fully saturated rings. The van der Waals surface area contributed by atoms with Crippen LogP contribution in [0, 0.1) is 11.3 Å². The molecular weight excluding hydrogens is 486 g/mol. The second-order valence-electron chi connectivity index (χ2n) is 9.00. The van der Waals surface area contributed by atoms with Gasteiger partial charge in [-0.2, -0.15) is 10.5 Å². The van der Waals surface area contributed by atoms with E-state index in [-0.39, 0.29) is 0 Å². The van der Waals surface area contributed by atoms with Crippen LogP contribution in [0.2, 0.25) is 0 Å². The molecule has 39 heavy (non-hydrogen) atoms. The van der Waals surface area contributed by atoms with Crippen LogP contribution in [0.1, 0.15) is 16.7 Å². The number of nitrogens with zero attached hydrogens (tertiary/aromatic N) is 8. The van der Waals surface area contributed by atoms with Crippen LogP contribution in [0.5, 0.6) is 0 Å². The first-order valence-corrected chi connectivity index (χ1v) is 12.4. The van der Waals surface area contributed by atoms with Crippen LogP contribution in [-0.4, -0.2) is 39.7 Å². The summed E-state index contributed by atoms with van der Waals surface area (Å²) in [6, 6.07) is 26.2.